The molecule has 4 heterocycles. The number of benzene rings is 2. The van der Waals surface area contributed by atoms with E-state index in [1.807, 2.05) is 25.1 Å². The highest BCUT2D eigenvalue weighted by Crippen LogP contribution is 2.45. The molecule has 0 radical (unpaired) electrons. The molecule has 1 N–H and O–H groups in total. The third kappa shape index (κ3) is 8.86. The minimum absolute atomic E-state index is 0.0331. The molecule has 14 nitrogen and oxygen atoms in total. The van der Waals surface area contributed by atoms with E-state index in [0.717, 1.165) is 37.8 Å². The minimum Gasteiger partial charge on any atom is -0.490 e. The molecule has 7 rings (SSSR count). The molecule has 1 aliphatic carbocycles. The fraction of sp³-hybridized carbons (Fsp3) is 0.452. The lowest BCUT2D eigenvalue weighted by Crippen LogP contribution is -2.46. The summed E-state index contributed by atoms with van der Waals surface area (Å²) in [5.74, 6) is -1.34. The zero-order chi connectivity index (χ0) is 41.0. The Morgan fingerprint density at radius 2 is 1.97 bits per heavy atom. The van der Waals surface area contributed by atoms with Gasteiger partial charge in [0.1, 0.15) is 27.3 Å². The first-order valence-corrected chi connectivity index (χ1v) is 21.6. The second-order valence-corrected chi connectivity index (χ2v) is 17.8. The summed E-state index contributed by atoms with van der Waals surface area (Å²) in [5, 5.41) is 4.88. The van der Waals surface area contributed by atoms with Gasteiger partial charge in [-0.25, -0.2) is 9.19 Å². The van der Waals surface area contributed by atoms with E-state index in [9.17, 15) is 9.59 Å². The Morgan fingerprint density at radius 1 is 1.14 bits per heavy atom. The number of amides is 2. The van der Waals surface area contributed by atoms with Gasteiger partial charge in [0, 0.05) is 67.8 Å². The van der Waals surface area contributed by atoms with Gasteiger partial charge in [-0.2, -0.15) is 0 Å². The number of carbonyl (C=O) groups is 2. The highest BCUT2D eigenvalue weighted by atomic mass is 35.5. The molecule has 2 amide bonds. The average Bonchev–Trinajstić information content (AvgIpc) is 3.53. The van der Waals surface area contributed by atoms with Crippen LogP contribution >= 0.6 is 11.6 Å². The number of hydrogen-bond donors (Lipinski definition) is 1. The van der Waals surface area contributed by atoms with Gasteiger partial charge in [-0.1, -0.05) is 44.0 Å². The number of aromatic nitrogens is 4. The smallest absolute Gasteiger partial charge is 0.286 e. The van der Waals surface area contributed by atoms with Crippen LogP contribution in [0.4, 0.5) is 5.69 Å². The molecule has 2 aromatic carbocycles. The highest BCUT2D eigenvalue weighted by Gasteiger charge is 2.42. The maximum absolute atomic E-state index is 15.1. The molecule has 58 heavy (non-hydrogen) atoms. The first-order valence-electron chi connectivity index (χ1n) is 19.6. The molecule has 308 valence electrons. The van der Waals surface area contributed by atoms with Crippen molar-refractivity contribution in [3.63, 3.8) is 0 Å². The summed E-state index contributed by atoms with van der Waals surface area (Å²) in [6.07, 6.45) is 13.2. The molecular weight excluding hydrogens is 782 g/mol. The summed E-state index contributed by atoms with van der Waals surface area (Å²) in [4.78, 5) is 38.9. The number of hydrogen-bond acceptors (Lipinski definition) is 11. The van der Waals surface area contributed by atoms with E-state index in [-0.39, 0.29) is 46.1 Å². The minimum atomic E-state index is -3.84. The Bertz CT molecular complexity index is 2300. The fourth-order valence-electron chi connectivity index (χ4n) is 8.40. The Morgan fingerprint density at radius 3 is 2.72 bits per heavy atom. The van der Waals surface area contributed by atoms with Gasteiger partial charge in [0.2, 0.25) is 11.8 Å². The van der Waals surface area contributed by atoms with E-state index >= 15 is 4.21 Å². The number of carbonyl (C=O) groups excluding carboxylic acids is 2. The lowest BCUT2D eigenvalue weighted by molar-refractivity contribution is 0.0826. The Hall–Kier alpha value is -4.99. The van der Waals surface area contributed by atoms with E-state index in [0.29, 0.717) is 30.5 Å². The Kier molecular flexibility index (Phi) is 12.4. The van der Waals surface area contributed by atoms with Crippen molar-refractivity contribution in [2.45, 2.75) is 63.6 Å². The topological polar surface area (TPSA) is 159 Å². The maximum Gasteiger partial charge on any atom is 0.286 e. The molecule has 3 aliphatic rings. The molecule has 2 aromatic heterocycles. The predicted molar refractivity (Wildman–Crippen MR) is 221 cm³/mol. The van der Waals surface area contributed by atoms with Crippen LogP contribution < -0.4 is 23.8 Å². The number of halogens is 1. The molecule has 2 aliphatic heterocycles. The van der Waals surface area contributed by atoms with Crippen molar-refractivity contribution in [3.05, 3.63) is 101 Å². The molecule has 6 atom stereocenters. The van der Waals surface area contributed by atoms with Gasteiger partial charge in [0.05, 0.1) is 37.5 Å². The molecule has 16 heteroatoms. The number of ether oxygens (including phenoxy) is 4. The number of fused-ring (bicyclic) bond motifs is 3. The van der Waals surface area contributed by atoms with Crippen LogP contribution in [0.5, 0.6) is 17.5 Å². The van der Waals surface area contributed by atoms with Crippen molar-refractivity contribution < 1.29 is 32.7 Å². The van der Waals surface area contributed by atoms with Gasteiger partial charge in [0.25, 0.3) is 11.8 Å². The number of rotatable bonds is 7. The van der Waals surface area contributed by atoms with E-state index in [1.54, 1.807) is 32.4 Å². The summed E-state index contributed by atoms with van der Waals surface area (Å²) in [5.41, 5.74) is 3.10. The van der Waals surface area contributed by atoms with Crippen LogP contribution in [0.25, 0.3) is 0 Å². The van der Waals surface area contributed by atoms with Crippen molar-refractivity contribution in [1.29, 1.82) is 0 Å². The van der Waals surface area contributed by atoms with Crippen molar-refractivity contribution >= 4 is 39.0 Å². The molecule has 0 saturated heterocycles. The number of anilines is 1. The highest BCUT2D eigenvalue weighted by molar-refractivity contribution is 7.92. The second kappa shape index (κ2) is 17.5. The molecule has 4 aromatic rings. The number of methoxy groups -OCH3 is 2. The van der Waals surface area contributed by atoms with E-state index in [1.165, 1.54) is 47.7 Å². The van der Waals surface area contributed by atoms with Crippen LogP contribution in [0.15, 0.2) is 77.7 Å². The van der Waals surface area contributed by atoms with Gasteiger partial charge in [-0.3, -0.25) is 24.0 Å². The first kappa shape index (κ1) is 41.2. The van der Waals surface area contributed by atoms with Crippen LogP contribution in [-0.4, -0.2) is 87.6 Å². The standard InChI is InChI=1S/C42H50ClN7O7S/c1-6-28-15-19-50-25-42(16-7-8-29-20-31(43)10-11-33(29)42)26-56-37-12-9-30(21-34(37)50)39(51)47-58(53,48-40(52)32-23-49(3)46-41(32)55-5)24-27(2)35(13-14-36(28)54-4)57-38-22-44-17-18-45-38/h9-14,17-18,20-23,27-28,35-36H,6-8,15-16,19,24-26H2,1-5H3,(H,47,48,51,52,53)/b14-13+/t27-,28-,35+,36+,42+,58?/m1/s1. The second-order valence-electron chi connectivity index (χ2n) is 15.3. The van der Waals surface area contributed by atoms with Gasteiger partial charge < -0.3 is 23.8 Å². The molecule has 0 fully saturated rings. The van der Waals surface area contributed by atoms with E-state index in [2.05, 4.69) is 48.1 Å². The summed E-state index contributed by atoms with van der Waals surface area (Å²) in [6.45, 7) is 5.69. The number of nitrogens with one attached hydrogen (secondary N) is 1. The van der Waals surface area contributed by atoms with Gasteiger partial charge in [-0.05, 0) is 79.1 Å². The van der Waals surface area contributed by atoms with Gasteiger partial charge >= 0.3 is 0 Å². The Balaban J connectivity index is 1.34. The normalized spacial score (nSPS) is 26.7. The molecule has 1 unspecified atom stereocenters. The van der Waals surface area contributed by atoms with Crippen LogP contribution in [0.2, 0.25) is 5.02 Å². The van der Waals surface area contributed by atoms with Crippen molar-refractivity contribution in [1.82, 2.24) is 24.5 Å². The molecular formula is C42H50ClN7O7S. The number of aryl methyl sites for hydroxylation is 2. The van der Waals surface area contributed by atoms with E-state index < -0.39 is 33.8 Å². The van der Waals surface area contributed by atoms with Crippen LogP contribution in [-0.2, 0) is 33.5 Å². The lowest BCUT2D eigenvalue weighted by atomic mass is 9.70. The van der Waals surface area contributed by atoms with E-state index in [4.69, 9.17) is 30.5 Å². The molecule has 0 saturated carbocycles. The summed E-state index contributed by atoms with van der Waals surface area (Å²) < 4.78 is 47.8. The SMILES string of the molecule is CC[C@@H]1CCN2C[C@@]3(CCCc4cc(Cl)ccc43)COc3ccc(cc32)C(=O)N=S(=O)(NC(=O)c2cn(C)nc2OC)C[C@@H](C)[C@@H](Oc2cnccn2)/C=C/[C@@H]1OC. The predicted octanol–water partition coefficient (Wildman–Crippen LogP) is 6.38. The average molecular weight is 832 g/mol. The Labute approximate surface area is 344 Å². The van der Waals surface area contributed by atoms with Crippen molar-refractivity contribution in [2.75, 3.05) is 44.6 Å². The third-order valence-corrected chi connectivity index (χ3v) is 13.5. The van der Waals surface area contributed by atoms with Gasteiger partial charge in [0.15, 0.2) is 0 Å². The maximum atomic E-state index is 15.1. The van der Waals surface area contributed by atoms with Crippen LogP contribution in [0, 0.1) is 11.8 Å². The summed E-state index contributed by atoms with van der Waals surface area (Å²) in [7, 11) is 0.867. The zero-order valence-electron chi connectivity index (χ0n) is 33.4. The van der Waals surface area contributed by atoms with Crippen LogP contribution in [0.3, 0.4) is 0 Å². The molecule has 2 bridgehead atoms. The largest absolute Gasteiger partial charge is 0.490 e. The fourth-order valence-corrected chi connectivity index (χ4v) is 10.5. The zero-order valence-corrected chi connectivity index (χ0v) is 35.0. The number of nitrogens with zero attached hydrogens (tertiary/aromatic N) is 6. The summed E-state index contributed by atoms with van der Waals surface area (Å²) in [6, 6.07) is 11.3. The summed E-state index contributed by atoms with van der Waals surface area (Å²) >= 11 is 6.48. The quantitative estimate of drug-likeness (QED) is 0.206. The third-order valence-electron chi connectivity index (χ3n) is 11.4. The molecule has 1 spiro atoms. The van der Waals surface area contributed by atoms with Crippen molar-refractivity contribution in [3.8, 4) is 17.5 Å². The van der Waals surface area contributed by atoms with Crippen molar-refractivity contribution in [2.24, 2.45) is 23.2 Å². The van der Waals surface area contributed by atoms with Gasteiger partial charge in [-0.15, -0.1) is 9.46 Å². The monoisotopic (exact) mass is 831 g/mol. The first-order chi connectivity index (χ1) is 27.9. The lowest BCUT2D eigenvalue weighted by Gasteiger charge is -2.41. The van der Waals surface area contributed by atoms with Crippen LogP contribution in [0.1, 0.15) is 71.4 Å².